The van der Waals surface area contributed by atoms with Crippen molar-refractivity contribution in [3.05, 3.63) is 52.2 Å². The summed E-state index contributed by atoms with van der Waals surface area (Å²) in [6, 6.07) is 11.0. The van der Waals surface area contributed by atoms with E-state index >= 15 is 0 Å². The van der Waals surface area contributed by atoms with Gasteiger partial charge in [0.2, 0.25) is 0 Å². The van der Waals surface area contributed by atoms with Crippen LogP contribution in [0.1, 0.15) is 37.4 Å². The second-order valence-electron chi connectivity index (χ2n) is 4.79. The summed E-state index contributed by atoms with van der Waals surface area (Å²) in [5.41, 5.74) is 2.74. The molecule has 2 aromatic rings. The van der Waals surface area contributed by atoms with Gasteiger partial charge in [0.15, 0.2) is 0 Å². The van der Waals surface area contributed by atoms with Crippen molar-refractivity contribution in [3.8, 4) is 5.75 Å². The zero-order valence-corrected chi connectivity index (χ0v) is 13.1. The second kappa shape index (κ2) is 8.08. The highest BCUT2D eigenvalue weighted by atomic mass is 32.1. The molecule has 0 aliphatic carbocycles. The Hall–Kier alpha value is -1.32. The van der Waals surface area contributed by atoms with E-state index in [2.05, 4.69) is 47.3 Å². The smallest absolute Gasteiger partial charge is 0.119 e. The third-order valence-corrected chi connectivity index (χ3v) is 4.06. The van der Waals surface area contributed by atoms with Gasteiger partial charge < -0.3 is 10.1 Å². The molecule has 2 rings (SSSR count). The molecule has 1 unspecified atom stereocenters. The molecule has 0 fully saturated rings. The van der Waals surface area contributed by atoms with Gasteiger partial charge in [0, 0.05) is 6.04 Å². The fourth-order valence-corrected chi connectivity index (χ4v) is 3.07. The zero-order chi connectivity index (χ0) is 14.2. The Balaban J connectivity index is 2.04. The number of ether oxygens (including phenoxy) is 1. The first-order valence-electron chi connectivity index (χ1n) is 7.30. The monoisotopic (exact) mass is 289 g/mol. The molecule has 0 saturated carbocycles. The normalized spacial score (nSPS) is 12.3. The summed E-state index contributed by atoms with van der Waals surface area (Å²) in [6.07, 6.45) is 2.22. The maximum absolute atomic E-state index is 5.60. The molecule has 0 bridgehead atoms. The highest BCUT2D eigenvalue weighted by molar-refractivity contribution is 7.07. The van der Waals surface area contributed by atoms with Gasteiger partial charge in [-0.1, -0.05) is 19.1 Å². The van der Waals surface area contributed by atoms with Crippen molar-refractivity contribution in [2.45, 2.75) is 32.7 Å². The van der Waals surface area contributed by atoms with E-state index in [9.17, 15) is 0 Å². The van der Waals surface area contributed by atoms with Crippen LogP contribution >= 0.6 is 11.3 Å². The standard InChI is InChI=1S/C17H23NOS/c1-3-18-17(9-8-14-10-11-20-13-14)15-6-5-7-16(12-15)19-4-2/h5-7,10-13,17-18H,3-4,8-9H2,1-2H3. The molecule has 1 atom stereocenters. The fraction of sp³-hybridized carbons (Fsp3) is 0.412. The molecule has 1 aromatic carbocycles. The summed E-state index contributed by atoms with van der Waals surface area (Å²) in [6.45, 7) is 5.87. The Morgan fingerprint density at radius 2 is 2.15 bits per heavy atom. The van der Waals surface area contributed by atoms with Crippen molar-refractivity contribution in [3.63, 3.8) is 0 Å². The molecule has 3 heteroatoms. The lowest BCUT2D eigenvalue weighted by atomic mass is 10.00. The van der Waals surface area contributed by atoms with E-state index in [1.807, 2.05) is 13.0 Å². The van der Waals surface area contributed by atoms with Gasteiger partial charge in [0.25, 0.3) is 0 Å². The van der Waals surface area contributed by atoms with Crippen LogP contribution in [0.2, 0.25) is 0 Å². The van der Waals surface area contributed by atoms with E-state index in [0.29, 0.717) is 12.6 Å². The number of rotatable bonds is 8. The summed E-state index contributed by atoms with van der Waals surface area (Å²) in [5.74, 6) is 0.962. The zero-order valence-electron chi connectivity index (χ0n) is 12.3. The molecule has 0 aliphatic rings. The average molecular weight is 289 g/mol. The van der Waals surface area contributed by atoms with Crippen molar-refractivity contribution < 1.29 is 4.74 Å². The number of nitrogens with one attached hydrogen (secondary N) is 1. The first kappa shape index (κ1) is 15.1. The summed E-state index contributed by atoms with van der Waals surface area (Å²) < 4.78 is 5.60. The Morgan fingerprint density at radius 3 is 2.85 bits per heavy atom. The van der Waals surface area contributed by atoms with E-state index < -0.39 is 0 Å². The van der Waals surface area contributed by atoms with Crippen molar-refractivity contribution >= 4 is 11.3 Å². The van der Waals surface area contributed by atoms with E-state index in [4.69, 9.17) is 4.74 Å². The fourth-order valence-electron chi connectivity index (χ4n) is 2.37. The molecule has 0 radical (unpaired) electrons. The quantitative estimate of drug-likeness (QED) is 0.776. The van der Waals surface area contributed by atoms with Gasteiger partial charge in [-0.25, -0.2) is 0 Å². The van der Waals surface area contributed by atoms with Crippen molar-refractivity contribution in [2.75, 3.05) is 13.2 Å². The summed E-state index contributed by atoms with van der Waals surface area (Å²) >= 11 is 1.77. The molecule has 1 aromatic heterocycles. The van der Waals surface area contributed by atoms with Crippen LogP contribution in [0.3, 0.4) is 0 Å². The van der Waals surface area contributed by atoms with E-state index in [1.165, 1.54) is 11.1 Å². The van der Waals surface area contributed by atoms with Crippen molar-refractivity contribution in [2.24, 2.45) is 0 Å². The van der Waals surface area contributed by atoms with Crippen LogP contribution in [0.15, 0.2) is 41.1 Å². The minimum Gasteiger partial charge on any atom is -0.494 e. The van der Waals surface area contributed by atoms with E-state index in [1.54, 1.807) is 11.3 Å². The van der Waals surface area contributed by atoms with Gasteiger partial charge in [0.1, 0.15) is 5.75 Å². The summed E-state index contributed by atoms with van der Waals surface area (Å²) in [7, 11) is 0. The van der Waals surface area contributed by atoms with Gasteiger partial charge >= 0.3 is 0 Å². The van der Waals surface area contributed by atoms with Crippen LogP contribution < -0.4 is 10.1 Å². The third kappa shape index (κ3) is 4.36. The molecule has 0 aliphatic heterocycles. The van der Waals surface area contributed by atoms with Gasteiger partial charge in [-0.2, -0.15) is 11.3 Å². The number of hydrogen-bond acceptors (Lipinski definition) is 3. The topological polar surface area (TPSA) is 21.3 Å². The van der Waals surface area contributed by atoms with Crippen LogP contribution in [0, 0.1) is 0 Å². The summed E-state index contributed by atoms with van der Waals surface area (Å²) in [5, 5.41) is 7.96. The average Bonchev–Trinajstić information content (AvgIpc) is 2.97. The first-order valence-corrected chi connectivity index (χ1v) is 8.25. The Labute approximate surface area is 125 Å². The molecule has 0 spiro atoms. The van der Waals surface area contributed by atoms with Crippen LogP contribution in [0.4, 0.5) is 0 Å². The van der Waals surface area contributed by atoms with Gasteiger partial charge in [-0.3, -0.25) is 0 Å². The molecule has 0 amide bonds. The lowest BCUT2D eigenvalue weighted by molar-refractivity contribution is 0.339. The lowest BCUT2D eigenvalue weighted by Gasteiger charge is -2.19. The number of thiophene rings is 1. The van der Waals surface area contributed by atoms with Crippen molar-refractivity contribution in [1.29, 1.82) is 0 Å². The molecule has 2 nitrogen and oxygen atoms in total. The molecule has 108 valence electrons. The minimum absolute atomic E-state index is 0.389. The molecular weight excluding hydrogens is 266 g/mol. The van der Waals surface area contributed by atoms with Crippen LogP contribution in [-0.2, 0) is 6.42 Å². The highest BCUT2D eigenvalue weighted by Crippen LogP contribution is 2.23. The highest BCUT2D eigenvalue weighted by Gasteiger charge is 2.11. The van der Waals surface area contributed by atoms with Crippen molar-refractivity contribution in [1.82, 2.24) is 5.32 Å². The largest absolute Gasteiger partial charge is 0.494 e. The lowest BCUT2D eigenvalue weighted by Crippen LogP contribution is -2.21. The number of benzene rings is 1. The van der Waals surface area contributed by atoms with Gasteiger partial charge in [-0.05, 0) is 66.4 Å². The van der Waals surface area contributed by atoms with Crippen LogP contribution in [-0.4, -0.2) is 13.2 Å². The predicted molar refractivity (Wildman–Crippen MR) is 86.7 cm³/mol. The molecule has 20 heavy (non-hydrogen) atoms. The Bertz CT molecular complexity index is 495. The summed E-state index contributed by atoms with van der Waals surface area (Å²) in [4.78, 5) is 0. The third-order valence-electron chi connectivity index (χ3n) is 3.32. The molecular formula is C17H23NOS. The van der Waals surface area contributed by atoms with Gasteiger partial charge in [0.05, 0.1) is 6.61 Å². The maximum Gasteiger partial charge on any atom is 0.119 e. The van der Waals surface area contributed by atoms with Crippen LogP contribution in [0.5, 0.6) is 5.75 Å². The minimum atomic E-state index is 0.389. The maximum atomic E-state index is 5.60. The molecule has 1 heterocycles. The molecule has 0 saturated heterocycles. The molecule has 1 N–H and O–H groups in total. The number of hydrogen-bond donors (Lipinski definition) is 1. The van der Waals surface area contributed by atoms with E-state index in [0.717, 1.165) is 25.1 Å². The van der Waals surface area contributed by atoms with Gasteiger partial charge in [-0.15, -0.1) is 0 Å². The predicted octanol–water partition coefficient (Wildman–Crippen LogP) is 4.43. The van der Waals surface area contributed by atoms with Crippen LogP contribution in [0.25, 0.3) is 0 Å². The first-order chi connectivity index (χ1) is 9.83. The SMILES string of the molecule is CCNC(CCc1ccsc1)c1cccc(OCC)c1. The number of aryl methyl sites for hydroxylation is 1. The van der Waals surface area contributed by atoms with E-state index in [-0.39, 0.29) is 0 Å². The Morgan fingerprint density at radius 1 is 1.25 bits per heavy atom. The Kier molecular flexibility index (Phi) is 6.09. The second-order valence-corrected chi connectivity index (χ2v) is 5.57.